The van der Waals surface area contributed by atoms with Crippen molar-refractivity contribution >= 4 is 5.91 Å². The van der Waals surface area contributed by atoms with Crippen LogP contribution >= 0.6 is 0 Å². The summed E-state index contributed by atoms with van der Waals surface area (Å²) >= 11 is 0. The van der Waals surface area contributed by atoms with Crippen LogP contribution in [0, 0.1) is 5.92 Å². The van der Waals surface area contributed by atoms with E-state index < -0.39 is 0 Å². The maximum atomic E-state index is 12.4. The first-order valence-electron chi connectivity index (χ1n) is 7.53. The highest BCUT2D eigenvalue weighted by atomic mass is 16.2. The molecular weight excluding hydrogens is 226 g/mol. The quantitative estimate of drug-likeness (QED) is 0.760. The van der Waals surface area contributed by atoms with Gasteiger partial charge in [-0.25, -0.2) is 0 Å². The maximum absolute atomic E-state index is 12.4. The molecular formula is C14H25N3O. The Morgan fingerprint density at radius 3 is 2.94 bits per heavy atom. The van der Waals surface area contributed by atoms with Crippen LogP contribution in [-0.4, -0.2) is 48.6 Å². The van der Waals surface area contributed by atoms with E-state index in [0.717, 1.165) is 13.0 Å². The van der Waals surface area contributed by atoms with Crippen molar-refractivity contribution in [1.82, 2.24) is 15.5 Å². The Labute approximate surface area is 109 Å². The van der Waals surface area contributed by atoms with Crippen LogP contribution in [0.15, 0.2) is 0 Å². The van der Waals surface area contributed by atoms with Gasteiger partial charge in [0, 0.05) is 18.6 Å². The first-order chi connectivity index (χ1) is 8.75. The average Bonchev–Trinajstić information content (AvgIpc) is 2.94. The molecule has 18 heavy (non-hydrogen) atoms. The summed E-state index contributed by atoms with van der Waals surface area (Å²) in [5.41, 5.74) is 0. The summed E-state index contributed by atoms with van der Waals surface area (Å²) in [6.07, 6.45) is 6.07. The molecule has 4 nitrogen and oxygen atoms in total. The van der Waals surface area contributed by atoms with E-state index in [9.17, 15) is 4.79 Å². The van der Waals surface area contributed by atoms with E-state index in [4.69, 9.17) is 0 Å². The molecule has 1 amide bonds. The number of hydrogen-bond acceptors (Lipinski definition) is 3. The van der Waals surface area contributed by atoms with Crippen LogP contribution in [0.3, 0.4) is 0 Å². The summed E-state index contributed by atoms with van der Waals surface area (Å²) in [5.74, 6) is 0.709. The summed E-state index contributed by atoms with van der Waals surface area (Å²) in [5, 5.41) is 6.68. The molecule has 0 bridgehead atoms. The van der Waals surface area contributed by atoms with Gasteiger partial charge in [0.2, 0.25) is 5.91 Å². The number of rotatable bonds is 2. The fraction of sp³-hybridized carbons (Fsp3) is 0.929. The second-order valence-corrected chi connectivity index (χ2v) is 6.20. The predicted molar refractivity (Wildman–Crippen MR) is 71.3 cm³/mol. The number of carbonyl (C=O) groups excluding carboxylic acids is 1. The Kier molecular flexibility index (Phi) is 3.57. The zero-order chi connectivity index (χ0) is 12.5. The minimum Gasteiger partial charge on any atom is -0.350 e. The molecule has 102 valence electrons. The number of nitrogens with one attached hydrogen (secondary N) is 2. The third kappa shape index (κ3) is 2.28. The summed E-state index contributed by atoms with van der Waals surface area (Å²) in [6, 6.07) is 1.05. The fourth-order valence-electron chi connectivity index (χ4n) is 3.92. The standard InChI is InChI=1S/C14H25N3O/c1-10-4-2-7-15-13(10)14(18)16-11-6-9-17-8-3-5-12(11)17/h10-13,15H,2-9H2,1H3,(H,16,18). The second-order valence-electron chi connectivity index (χ2n) is 6.20. The molecule has 3 fully saturated rings. The van der Waals surface area contributed by atoms with Gasteiger partial charge in [0.05, 0.1) is 6.04 Å². The predicted octanol–water partition coefficient (Wildman–Crippen LogP) is 0.727. The van der Waals surface area contributed by atoms with Crippen LogP contribution in [0.5, 0.6) is 0 Å². The van der Waals surface area contributed by atoms with E-state index in [-0.39, 0.29) is 11.9 Å². The lowest BCUT2D eigenvalue weighted by molar-refractivity contribution is -0.125. The van der Waals surface area contributed by atoms with Crippen LogP contribution in [0.4, 0.5) is 0 Å². The van der Waals surface area contributed by atoms with Gasteiger partial charge in [0.15, 0.2) is 0 Å². The van der Waals surface area contributed by atoms with Gasteiger partial charge < -0.3 is 10.6 Å². The minimum absolute atomic E-state index is 0.0363. The third-order valence-corrected chi connectivity index (χ3v) is 4.99. The van der Waals surface area contributed by atoms with Gasteiger partial charge in [-0.1, -0.05) is 6.92 Å². The molecule has 4 unspecified atom stereocenters. The van der Waals surface area contributed by atoms with Crippen molar-refractivity contribution in [2.75, 3.05) is 19.6 Å². The number of carbonyl (C=O) groups is 1. The summed E-state index contributed by atoms with van der Waals surface area (Å²) in [6.45, 7) is 5.58. The van der Waals surface area contributed by atoms with Gasteiger partial charge in [-0.05, 0) is 51.1 Å². The van der Waals surface area contributed by atoms with Crippen LogP contribution in [-0.2, 0) is 4.79 Å². The van der Waals surface area contributed by atoms with Crippen LogP contribution in [0.1, 0.15) is 39.0 Å². The van der Waals surface area contributed by atoms with Crippen molar-refractivity contribution < 1.29 is 4.79 Å². The Morgan fingerprint density at radius 1 is 1.22 bits per heavy atom. The number of amides is 1. The van der Waals surface area contributed by atoms with E-state index in [1.165, 1.54) is 38.8 Å². The van der Waals surface area contributed by atoms with E-state index in [1.54, 1.807) is 0 Å². The van der Waals surface area contributed by atoms with Gasteiger partial charge in [-0.15, -0.1) is 0 Å². The summed E-state index contributed by atoms with van der Waals surface area (Å²) in [4.78, 5) is 14.9. The van der Waals surface area contributed by atoms with Crippen LogP contribution in [0.2, 0.25) is 0 Å². The monoisotopic (exact) mass is 251 g/mol. The van der Waals surface area contributed by atoms with Crippen molar-refractivity contribution in [2.45, 2.75) is 57.2 Å². The van der Waals surface area contributed by atoms with Crippen molar-refractivity contribution in [1.29, 1.82) is 0 Å². The Hall–Kier alpha value is -0.610. The van der Waals surface area contributed by atoms with E-state index in [0.29, 0.717) is 18.0 Å². The SMILES string of the molecule is CC1CCCNC1C(=O)NC1CCN2CCCC12. The molecule has 4 atom stereocenters. The zero-order valence-electron chi connectivity index (χ0n) is 11.3. The zero-order valence-corrected chi connectivity index (χ0v) is 11.3. The smallest absolute Gasteiger partial charge is 0.237 e. The molecule has 3 aliphatic heterocycles. The average molecular weight is 251 g/mol. The van der Waals surface area contributed by atoms with Crippen LogP contribution < -0.4 is 10.6 Å². The molecule has 4 heteroatoms. The molecule has 2 N–H and O–H groups in total. The molecule has 0 spiro atoms. The number of fused-ring (bicyclic) bond motifs is 1. The fourth-order valence-corrected chi connectivity index (χ4v) is 3.92. The molecule has 3 rings (SSSR count). The number of hydrogen-bond donors (Lipinski definition) is 2. The first kappa shape index (κ1) is 12.4. The van der Waals surface area contributed by atoms with E-state index in [2.05, 4.69) is 22.5 Å². The van der Waals surface area contributed by atoms with Crippen molar-refractivity contribution in [3.8, 4) is 0 Å². The molecule has 0 saturated carbocycles. The van der Waals surface area contributed by atoms with Crippen LogP contribution in [0.25, 0.3) is 0 Å². The number of piperidine rings is 1. The topological polar surface area (TPSA) is 44.4 Å². The first-order valence-corrected chi connectivity index (χ1v) is 7.53. The molecule has 3 saturated heterocycles. The van der Waals surface area contributed by atoms with E-state index >= 15 is 0 Å². The van der Waals surface area contributed by atoms with Gasteiger partial charge in [0.25, 0.3) is 0 Å². The lowest BCUT2D eigenvalue weighted by Gasteiger charge is -2.31. The largest absolute Gasteiger partial charge is 0.350 e. The summed E-state index contributed by atoms with van der Waals surface area (Å²) < 4.78 is 0. The van der Waals surface area contributed by atoms with Crippen molar-refractivity contribution in [3.63, 3.8) is 0 Å². The van der Waals surface area contributed by atoms with Crippen molar-refractivity contribution in [3.05, 3.63) is 0 Å². The van der Waals surface area contributed by atoms with Gasteiger partial charge in [-0.2, -0.15) is 0 Å². The van der Waals surface area contributed by atoms with Gasteiger partial charge in [0.1, 0.15) is 0 Å². The highest BCUT2D eigenvalue weighted by Gasteiger charge is 2.39. The molecule has 3 aliphatic rings. The Bertz CT molecular complexity index is 320. The van der Waals surface area contributed by atoms with Gasteiger partial charge in [-0.3, -0.25) is 9.69 Å². The molecule has 3 heterocycles. The molecule has 0 aromatic carbocycles. The minimum atomic E-state index is 0.0363. The highest BCUT2D eigenvalue weighted by Crippen LogP contribution is 2.28. The highest BCUT2D eigenvalue weighted by molar-refractivity contribution is 5.82. The molecule has 0 aliphatic carbocycles. The molecule has 0 aromatic rings. The Balaban J connectivity index is 1.57. The van der Waals surface area contributed by atoms with Crippen molar-refractivity contribution in [2.24, 2.45) is 5.92 Å². The Morgan fingerprint density at radius 2 is 2.11 bits per heavy atom. The normalized spacial score (nSPS) is 40.7. The maximum Gasteiger partial charge on any atom is 0.237 e. The lowest BCUT2D eigenvalue weighted by Crippen LogP contribution is -2.54. The van der Waals surface area contributed by atoms with E-state index in [1.807, 2.05) is 0 Å². The van der Waals surface area contributed by atoms with Gasteiger partial charge >= 0.3 is 0 Å². The third-order valence-electron chi connectivity index (χ3n) is 4.99. The summed E-state index contributed by atoms with van der Waals surface area (Å²) in [7, 11) is 0. The second kappa shape index (κ2) is 5.17. The molecule has 0 aromatic heterocycles. The number of nitrogens with zero attached hydrogens (tertiary/aromatic N) is 1. The molecule has 0 radical (unpaired) electrons. The lowest BCUT2D eigenvalue weighted by atomic mass is 9.91.